The lowest BCUT2D eigenvalue weighted by Gasteiger charge is -2.33. The Labute approximate surface area is 122 Å². The molecule has 0 amide bonds. The van der Waals surface area contributed by atoms with E-state index in [4.69, 9.17) is 23.2 Å². The molecule has 0 saturated heterocycles. The lowest BCUT2D eigenvalue weighted by Crippen LogP contribution is -2.24. The molecule has 19 heavy (non-hydrogen) atoms. The molecule has 2 aromatic heterocycles. The van der Waals surface area contributed by atoms with Gasteiger partial charge in [0.25, 0.3) is 0 Å². The van der Waals surface area contributed by atoms with Gasteiger partial charge in [-0.25, -0.2) is 9.97 Å². The Kier molecular flexibility index (Phi) is 3.68. The summed E-state index contributed by atoms with van der Waals surface area (Å²) in [5, 5.41) is 0.630. The fourth-order valence-electron chi connectivity index (χ4n) is 2.83. The second kappa shape index (κ2) is 5.29. The SMILES string of the molecule is CC(C1CCC1)n1c(CCCl)nc2cc(Cl)cnc21. The van der Waals surface area contributed by atoms with Crippen molar-refractivity contribution >= 4 is 34.4 Å². The van der Waals surface area contributed by atoms with E-state index in [2.05, 4.69) is 21.5 Å². The number of halogens is 2. The predicted octanol–water partition coefficient (Wildman–Crippen LogP) is 4.23. The van der Waals surface area contributed by atoms with E-state index in [9.17, 15) is 0 Å². The van der Waals surface area contributed by atoms with Gasteiger partial charge in [0.05, 0.1) is 5.02 Å². The molecule has 3 rings (SSSR count). The van der Waals surface area contributed by atoms with Gasteiger partial charge in [-0.05, 0) is 31.7 Å². The summed E-state index contributed by atoms with van der Waals surface area (Å²) < 4.78 is 2.26. The first-order valence-electron chi connectivity index (χ1n) is 6.79. The molecular weight excluding hydrogens is 281 g/mol. The van der Waals surface area contributed by atoms with Crippen LogP contribution in [0.4, 0.5) is 0 Å². The van der Waals surface area contributed by atoms with E-state index in [1.807, 2.05) is 6.07 Å². The first kappa shape index (κ1) is 13.2. The smallest absolute Gasteiger partial charge is 0.160 e. The highest BCUT2D eigenvalue weighted by Gasteiger charge is 2.28. The minimum absolute atomic E-state index is 0.436. The summed E-state index contributed by atoms with van der Waals surface area (Å²) >= 11 is 11.9. The van der Waals surface area contributed by atoms with Crippen LogP contribution in [0.1, 0.15) is 38.1 Å². The van der Waals surface area contributed by atoms with Crippen molar-refractivity contribution in [3.8, 4) is 0 Å². The number of hydrogen-bond donors (Lipinski definition) is 0. The molecule has 0 radical (unpaired) electrons. The van der Waals surface area contributed by atoms with Crippen LogP contribution in [0.15, 0.2) is 12.3 Å². The maximum absolute atomic E-state index is 6.00. The number of aryl methyl sites for hydroxylation is 1. The lowest BCUT2D eigenvalue weighted by molar-refractivity contribution is 0.222. The summed E-state index contributed by atoms with van der Waals surface area (Å²) in [5.74, 6) is 2.34. The molecule has 102 valence electrons. The molecule has 0 aromatic carbocycles. The summed E-state index contributed by atoms with van der Waals surface area (Å²) in [4.78, 5) is 9.13. The number of alkyl halides is 1. The highest BCUT2D eigenvalue weighted by atomic mass is 35.5. The zero-order valence-electron chi connectivity index (χ0n) is 10.9. The normalized spacial score (nSPS) is 17.6. The number of fused-ring (bicyclic) bond motifs is 1. The number of aromatic nitrogens is 3. The van der Waals surface area contributed by atoms with E-state index in [0.717, 1.165) is 29.3 Å². The van der Waals surface area contributed by atoms with Gasteiger partial charge in [-0.1, -0.05) is 18.0 Å². The van der Waals surface area contributed by atoms with Crippen LogP contribution in [0.2, 0.25) is 5.02 Å². The molecule has 0 spiro atoms. The number of rotatable bonds is 4. The second-order valence-corrected chi connectivity index (χ2v) is 6.08. The number of imidazole rings is 1. The third kappa shape index (κ3) is 2.34. The molecule has 1 fully saturated rings. The lowest BCUT2D eigenvalue weighted by atomic mass is 9.80. The van der Waals surface area contributed by atoms with Gasteiger partial charge in [-0.2, -0.15) is 0 Å². The molecule has 0 N–H and O–H groups in total. The minimum atomic E-state index is 0.436. The largest absolute Gasteiger partial charge is 0.310 e. The van der Waals surface area contributed by atoms with Crippen LogP contribution in [0.25, 0.3) is 11.2 Å². The molecule has 1 unspecified atom stereocenters. The molecule has 1 aliphatic carbocycles. The van der Waals surface area contributed by atoms with E-state index in [1.54, 1.807) is 6.20 Å². The fourth-order valence-corrected chi connectivity index (χ4v) is 3.15. The third-order valence-electron chi connectivity index (χ3n) is 4.13. The van der Waals surface area contributed by atoms with Gasteiger partial charge in [0.15, 0.2) is 5.65 Å². The van der Waals surface area contributed by atoms with E-state index in [-0.39, 0.29) is 0 Å². The van der Waals surface area contributed by atoms with Crippen molar-refractivity contribution in [3.05, 3.63) is 23.1 Å². The maximum atomic E-state index is 6.00. The zero-order chi connectivity index (χ0) is 13.4. The molecule has 5 heteroatoms. The van der Waals surface area contributed by atoms with Gasteiger partial charge in [-0.3, -0.25) is 0 Å². The maximum Gasteiger partial charge on any atom is 0.160 e. The molecule has 3 nitrogen and oxygen atoms in total. The van der Waals surface area contributed by atoms with Gasteiger partial charge >= 0.3 is 0 Å². The van der Waals surface area contributed by atoms with Gasteiger partial charge < -0.3 is 4.57 Å². The van der Waals surface area contributed by atoms with E-state index in [1.165, 1.54) is 19.3 Å². The van der Waals surface area contributed by atoms with Gasteiger partial charge in [-0.15, -0.1) is 11.6 Å². The zero-order valence-corrected chi connectivity index (χ0v) is 12.5. The van der Waals surface area contributed by atoms with Crippen LogP contribution in [-0.2, 0) is 6.42 Å². The van der Waals surface area contributed by atoms with Crippen molar-refractivity contribution in [1.29, 1.82) is 0 Å². The average Bonchev–Trinajstić information content (AvgIpc) is 2.64. The van der Waals surface area contributed by atoms with E-state index >= 15 is 0 Å². The standard InChI is InChI=1S/C14H17Cl2N3/c1-9(10-3-2-4-10)19-13(5-6-15)18-12-7-11(16)8-17-14(12)19/h7-10H,2-6H2,1H3. The Morgan fingerprint density at radius 3 is 2.89 bits per heavy atom. The van der Waals surface area contributed by atoms with E-state index in [0.29, 0.717) is 16.9 Å². The monoisotopic (exact) mass is 297 g/mol. The summed E-state index contributed by atoms with van der Waals surface area (Å²) in [6.07, 6.45) is 6.40. The topological polar surface area (TPSA) is 30.7 Å². The molecular formula is C14H17Cl2N3. The third-order valence-corrected chi connectivity index (χ3v) is 4.52. The van der Waals surface area contributed by atoms with E-state index < -0.39 is 0 Å². The predicted molar refractivity (Wildman–Crippen MR) is 79.0 cm³/mol. The molecule has 1 saturated carbocycles. The quantitative estimate of drug-likeness (QED) is 0.791. The summed E-state index contributed by atoms with van der Waals surface area (Å²) in [5.41, 5.74) is 1.81. The Balaban J connectivity index is 2.09. The van der Waals surface area contributed by atoms with Gasteiger partial charge in [0, 0.05) is 24.5 Å². The van der Waals surface area contributed by atoms with Crippen LogP contribution in [0.5, 0.6) is 0 Å². The van der Waals surface area contributed by atoms with Crippen molar-refractivity contribution < 1.29 is 0 Å². The summed E-state index contributed by atoms with van der Waals surface area (Å²) in [6, 6.07) is 2.32. The van der Waals surface area contributed by atoms with Crippen LogP contribution in [0.3, 0.4) is 0 Å². The Morgan fingerprint density at radius 1 is 1.47 bits per heavy atom. The Hall–Kier alpha value is -0.800. The number of hydrogen-bond acceptors (Lipinski definition) is 2. The highest BCUT2D eigenvalue weighted by molar-refractivity contribution is 6.31. The average molecular weight is 298 g/mol. The first-order chi connectivity index (χ1) is 9.20. The minimum Gasteiger partial charge on any atom is -0.310 e. The first-order valence-corrected chi connectivity index (χ1v) is 7.70. The molecule has 1 atom stereocenters. The van der Waals surface area contributed by atoms with Crippen LogP contribution in [-0.4, -0.2) is 20.4 Å². The van der Waals surface area contributed by atoms with Gasteiger partial charge in [0.2, 0.25) is 0 Å². The van der Waals surface area contributed by atoms with Crippen molar-refractivity contribution in [2.24, 2.45) is 5.92 Å². The summed E-state index contributed by atoms with van der Waals surface area (Å²) in [7, 11) is 0. The van der Waals surface area contributed by atoms with Crippen molar-refractivity contribution in [1.82, 2.24) is 14.5 Å². The molecule has 1 aliphatic rings. The Morgan fingerprint density at radius 2 is 2.26 bits per heavy atom. The molecule has 2 aromatic rings. The van der Waals surface area contributed by atoms with Crippen LogP contribution in [0, 0.1) is 5.92 Å². The summed E-state index contributed by atoms with van der Waals surface area (Å²) in [6.45, 7) is 2.26. The van der Waals surface area contributed by atoms with Crippen molar-refractivity contribution in [3.63, 3.8) is 0 Å². The molecule has 0 aliphatic heterocycles. The highest BCUT2D eigenvalue weighted by Crippen LogP contribution is 2.38. The van der Waals surface area contributed by atoms with Crippen molar-refractivity contribution in [2.75, 3.05) is 5.88 Å². The Bertz CT molecular complexity index is 590. The van der Waals surface area contributed by atoms with Crippen molar-refractivity contribution in [2.45, 2.75) is 38.6 Å². The van der Waals surface area contributed by atoms with Crippen LogP contribution >= 0.6 is 23.2 Å². The van der Waals surface area contributed by atoms with Gasteiger partial charge in [0.1, 0.15) is 11.3 Å². The molecule has 0 bridgehead atoms. The second-order valence-electron chi connectivity index (χ2n) is 5.26. The van der Waals surface area contributed by atoms with Crippen LogP contribution < -0.4 is 0 Å². The number of pyridine rings is 1. The molecule has 2 heterocycles. The number of nitrogens with zero attached hydrogens (tertiary/aromatic N) is 3. The fraction of sp³-hybridized carbons (Fsp3) is 0.571.